The molecule has 2 amide bonds. The number of nitrogens with zero attached hydrogens (tertiary/aromatic N) is 1. The number of aliphatic hydroxyl groups is 1. The van der Waals surface area contributed by atoms with E-state index in [1.54, 1.807) is 6.92 Å². The van der Waals surface area contributed by atoms with Crippen LogP contribution in [0.3, 0.4) is 0 Å². The molecule has 0 saturated carbocycles. The molecule has 130 valence electrons. The van der Waals surface area contributed by atoms with Gasteiger partial charge in [-0.3, -0.25) is 14.9 Å². The van der Waals surface area contributed by atoms with E-state index in [-0.39, 0.29) is 12.4 Å². The summed E-state index contributed by atoms with van der Waals surface area (Å²) in [7, 11) is 0. The number of aliphatic hydroxyl groups excluding tert-OH is 1. The van der Waals surface area contributed by atoms with Crippen LogP contribution in [0.1, 0.15) is 26.5 Å². The summed E-state index contributed by atoms with van der Waals surface area (Å²) in [5.74, 6) is -0.862. The zero-order valence-corrected chi connectivity index (χ0v) is 14.8. The lowest BCUT2D eigenvalue weighted by Gasteiger charge is -2.05. The Morgan fingerprint density at radius 2 is 2.12 bits per heavy atom. The van der Waals surface area contributed by atoms with Crippen molar-refractivity contribution in [1.29, 1.82) is 0 Å². The minimum absolute atomic E-state index is 0.190. The third kappa shape index (κ3) is 4.32. The Balaban J connectivity index is 1.53. The van der Waals surface area contributed by atoms with Crippen LogP contribution >= 0.6 is 22.7 Å². The third-order valence-corrected chi connectivity index (χ3v) is 5.33. The number of carbonyl (C=O) groups is 2. The van der Waals surface area contributed by atoms with Gasteiger partial charge in [0.05, 0.1) is 6.54 Å². The van der Waals surface area contributed by atoms with Crippen LogP contribution in [0, 0.1) is 6.92 Å². The number of nitrogens with one attached hydrogen (secondary N) is 2. The fourth-order valence-corrected chi connectivity index (χ4v) is 3.83. The van der Waals surface area contributed by atoms with Crippen molar-refractivity contribution in [2.75, 3.05) is 5.32 Å². The number of anilines is 1. The maximum atomic E-state index is 11.8. The molecule has 25 heavy (non-hydrogen) atoms. The highest BCUT2D eigenvalue weighted by molar-refractivity contribution is 7.12. The van der Waals surface area contributed by atoms with Crippen LogP contribution in [-0.4, -0.2) is 22.1 Å². The van der Waals surface area contributed by atoms with Gasteiger partial charge in [0.25, 0.3) is 0 Å². The van der Waals surface area contributed by atoms with Gasteiger partial charge in [0, 0.05) is 20.7 Å². The van der Waals surface area contributed by atoms with Gasteiger partial charge in [-0.1, -0.05) is 11.2 Å². The molecule has 0 fully saturated rings. The van der Waals surface area contributed by atoms with Gasteiger partial charge in [0.1, 0.15) is 11.9 Å². The summed E-state index contributed by atoms with van der Waals surface area (Å²) >= 11 is 2.86. The van der Waals surface area contributed by atoms with Gasteiger partial charge >= 0.3 is 11.8 Å². The van der Waals surface area contributed by atoms with Crippen molar-refractivity contribution in [3.8, 4) is 0 Å². The maximum Gasteiger partial charge on any atom is 0.314 e. The highest BCUT2D eigenvalue weighted by atomic mass is 32.1. The molecule has 0 bridgehead atoms. The topological polar surface area (TPSA) is 104 Å². The maximum absolute atomic E-state index is 11.8. The minimum Gasteiger partial charge on any atom is -0.382 e. The van der Waals surface area contributed by atoms with E-state index >= 15 is 0 Å². The van der Waals surface area contributed by atoms with Crippen LogP contribution in [0.4, 0.5) is 5.82 Å². The van der Waals surface area contributed by atoms with Crippen molar-refractivity contribution >= 4 is 40.3 Å². The van der Waals surface area contributed by atoms with Crippen LogP contribution in [0.5, 0.6) is 0 Å². The Kier molecular flexibility index (Phi) is 5.27. The molecular formula is C16H15N3O4S2. The Hall–Kier alpha value is -2.49. The molecule has 0 radical (unpaired) electrons. The van der Waals surface area contributed by atoms with Gasteiger partial charge in [-0.15, -0.1) is 22.7 Å². The first kappa shape index (κ1) is 17.3. The van der Waals surface area contributed by atoms with E-state index in [4.69, 9.17) is 4.52 Å². The summed E-state index contributed by atoms with van der Waals surface area (Å²) in [5, 5.41) is 20.7. The van der Waals surface area contributed by atoms with Crippen molar-refractivity contribution in [1.82, 2.24) is 10.5 Å². The lowest BCUT2D eigenvalue weighted by atomic mass is 10.2. The predicted molar refractivity (Wildman–Crippen MR) is 94.4 cm³/mol. The summed E-state index contributed by atoms with van der Waals surface area (Å²) in [4.78, 5) is 26.1. The zero-order chi connectivity index (χ0) is 17.8. The molecule has 0 aliphatic heterocycles. The fourth-order valence-electron chi connectivity index (χ4n) is 2.07. The Labute approximate surface area is 151 Å². The number of aryl methyl sites for hydroxylation is 1. The highest BCUT2D eigenvalue weighted by Crippen LogP contribution is 2.30. The Morgan fingerprint density at radius 1 is 1.28 bits per heavy atom. The number of rotatable bonds is 5. The van der Waals surface area contributed by atoms with E-state index in [2.05, 4.69) is 15.8 Å². The standard InChI is InChI=1S/C16H15N3O4S2/c1-9-7-13(19-23-9)18-16(22)15(21)17-8-10-4-5-12(25-10)14(20)11-3-2-6-24-11/h2-7,14,20H,8H2,1H3,(H,17,21)(H,18,19,22)/t14-/m1/s1. The molecule has 9 heteroatoms. The molecule has 3 rings (SSSR count). The van der Waals surface area contributed by atoms with Gasteiger partial charge in [0.15, 0.2) is 5.82 Å². The van der Waals surface area contributed by atoms with Gasteiger partial charge in [-0.05, 0) is 30.5 Å². The molecule has 0 aliphatic carbocycles. The van der Waals surface area contributed by atoms with Crippen LogP contribution in [0.2, 0.25) is 0 Å². The molecular weight excluding hydrogens is 362 g/mol. The summed E-state index contributed by atoms with van der Waals surface area (Å²) in [6.45, 7) is 1.88. The average molecular weight is 377 g/mol. The SMILES string of the molecule is Cc1cc(NC(=O)C(=O)NCc2ccc([C@H](O)c3cccs3)s2)no1. The summed E-state index contributed by atoms with van der Waals surface area (Å²) < 4.78 is 4.81. The quantitative estimate of drug-likeness (QED) is 0.593. The minimum atomic E-state index is -0.816. The Morgan fingerprint density at radius 3 is 2.80 bits per heavy atom. The van der Waals surface area contributed by atoms with Crippen molar-refractivity contribution in [2.45, 2.75) is 19.6 Å². The number of hydrogen-bond donors (Lipinski definition) is 3. The van der Waals surface area contributed by atoms with Gasteiger partial charge in [-0.2, -0.15) is 0 Å². The zero-order valence-electron chi connectivity index (χ0n) is 13.2. The molecule has 0 unspecified atom stereocenters. The van der Waals surface area contributed by atoms with E-state index in [0.29, 0.717) is 5.76 Å². The second kappa shape index (κ2) is 7.60. The highest BCUT2D eigenvalue weighted by Gasteiger charge is 2.17. The van der Waals surface area contributed by atoms with Crippen LogP contribution in [0.25, 0.3) is 0 Å². The average Bonchev–Trinajstić information content (AvgIpc) is 3.34. The number of amides is 2. The van der Waals surface area contributed by atoms with Crippen LogP contribution < -0.4 is 10.6 Å². The molecule has 3 heterocycles. The number of carbonyl (C=O) groups excluding carboxylic acids is 2. The number of hydrogen-bond acceptors (Lipinski definition) is 7. The lowest BCUT2D eigenvalue weighted by molar-refractivity contribution is -0.136. The van der Waals surface area contributed by atoms with E-state index in [1.165, 1.54) is 28.7 Å². The monoisotopic (exact) mass is 377 g/mol. The number of aromatic nitrogens is 1. The van der Waals surface area contributed by atoms with Crippen LogP contribution in [-0.2, 0) is 16.1 Å². The second-order valence-electron chi connectivity index (χ2n) is 5.18. The third-order valence-electron chi connectivity index (χ3n) is 3.26. The Bertz CT molecular complexity index is 870. The van der Waals surface area contributed by atoms with Crippen molar-refractivity contribution < 1.29 is 19.2 Å². The first-order chi connectivity index (χ1) is 12.0. The molecule has 0 saturated heterocycles. The molecule has 3 N–H and O–H groups in total. The fraction of sp³-hybridized carbons (Fsp3) is 0.188. The van der Waals surface area contributed by atoms with E-state index < -0.39 is 17.9 Å². The van der Waals surface area contributed by atoms with Crippen molar-refractivity contribution in [3.05, 3.63) is 56.1 Å². The van der Waals surface area contributed by atoms with E-state index in [0.717, 1.165) is 14.6 Å². The van der Waals surface area contributed by atoms with Gasteiger partial charge < -0.3 is 14.9 Å². The normalized spacial score (nSPS) is 11.9. The van der Waals surface area contributed by atoms with Gasteiger partial charge in [0.2, 0.25) is 0 Å². The lowest BCUT2D eigenvalue weighted by Crippen LogP contribution is -2.34. The molecule has 3 aromatic heterocycles. The number of thiophene rings is 2. The van der Waals surface area contributed by atoms with Gasteiger partial charge in [-0.25, -0.2) is 0 Å². The first-order valence-corrected chi connectivity index (χ1v) is 9.05. The molecule has 3 aromatic rings. The summed E-state index contributed by atoms with van der Waals surface area (Å²) in [6.07, 6.45) is -0.673. The van der Waals surface area contributed by atoms with E-state index in [9.17, 15) is 14.7 Å². The van der Waals surface area contributed by atoms with Crippen molar-refractivity contribution in [3.63, 3.8) is 0 Å². The molecule has 0 aliphatic rings. The smallest absolute Gasteiger partial charge is 0.314 e. The molecule has 7 nitrogen and oxygen atoms in total. The second-order valence-corrected chi connectivity index (χ2v) is 7.36. The van der Waals surface area contributed by atoms with Crippen LogP contribution in [0.15, 0.2) is 40.2 Å². The first-order valence-electron chi connectivity index (χ1n) is 7.35. The summed E-state index contributed by atoms with van der Waals surface area (Å²) in [5.41, 5.74) is 0. The summed E-state index contributed by atoms with van der Waals surface area (Å²) in [6, 6.07) is 8.90. The molecule has 1 atom stereocenters. The van der Waals surface area contributed by atoms with Crippen molar-refractivity contribution in [2.24, 2.45) is 0 Å². The molecule has 0 aromatic carbocycles. The van der Waals surface area contributed by atoms with E-state index in [1.807, 2.05) is 29.6 Å². The largest absolute Gasteiger partial charge is 0.382 e. The predicted octanol–water partition coefficient (Wildman–Crippen LogP) is 2.44. The molecule has 0 spiro atoms.